The van der Waals surface area contributed by atoms with Gasteiger partial charge in [-0.05, 0) is 49.2 Å². The van der Waals surface area contributed by atoms with Crippen molar-refractivity contribution in [3.63, 3.8) is 0 Å². The first-order valence-corrected chi connectivity index (χ1v) is 11.3. The van der Waals surface area contributed by atoms with Gasteiger partial charge in [0.1, 0.15) is 17.9 Å². The maximum Gasteiger partial charge on any atom is 0.243 e. The number of pyridine rings is 1. The zero-order valence-electron chi connectivity index (χ0n) is 16.3. The third-order valence-electron chi connectivity index (χ3n) is 5.45. The van der Waals surface area contributed by atoms with E-state index < -0.39 is 22.2 Å². The molecule has 1 aromatic carbocycles. The molecule has 0 spiro atoms. The molecule has 0 unspecified atom stereocenters. The van der Waals surface area contributed by atoms with Gasteiger partial charge >= 0.3 is 0 Å². The molecule has 2 fully saturated rings. The molecule has 30 heavy (non-hydrogen) atoms. The summed E-state index contributed by atoms with van der Waals surface area (Å²) >= 11 is 0. The van der Waals surface area contributed by atoms with Crippen LogP contribution in [-0.4, -0.2) is 60.3 Å². The molecule has 3 heterocycles. The number of likely N-dealkylation sites (tertiary alicyclic amines) is 1. The molecule has 2 atom stereocenters. The highest BCUT2D eigenvalue weighted by Crippen LogP contribution is 2.30. The standard InChI is InChI=1S/C21H22N4O4S/c22-13-16-5-7-19(8-6-16)30(27,28)25-15-18(29-17-4-3-9-23-14-17)12-20(25)21(26)24-10-1-2-11-24/h3-9,14,18,20H,1-2,10-12,15H2/t18-,20-/m0/s1. The maximum atomic E-state index is 13.4. The van der Waals surface area contributed by atoms with Gasteiger partial charge in [0.2, 0.25) is 15.9 Å². The maximum absolute atomic E-state index is 13.4. The van der Waals surface area contributed by atoms with E-state index in [9.17, 15) is 13.2 Å². The Kier molecular flexibility index (Phi) is 5.70. The number of benzene rings is 1. The summed E-state index contributed by atoms with van der Waals surface area (Å²) in [5.41, 5.74) is 0.373. The van der Waals surface area contributed by atoms with E-state index >= 15 is 0 Å². The van der Waals surface area contributed by atoms with Crippen LogP contribution in [-0.2, 0) is 14.8 Å². The van der Waals surface area contributed by atoms with Crippen LogP contribution in [0.15, 0.2) is 53.7 Å². The number of nitrogens with zero attached hydrogens (tertiary/aromatic N) is 4. The Labute approximate surface area is 175 Å². The number of carbonyl (C=O) groups is 1. The van der Waals surface area contributed by atoms with Crippen molar-refractivity contribution in [2.75, 3.05) is 19.6 Å². The summed E-state index contributed by atoms with van der Waals surface area (Å²) in [5, 5.41) is 8.97. The molecule has 2 saturated heterocycles. The van der Waals surface area contributed by atoms with Crippen molar-refractivity contribution in [1.29, 1.82) is 5.26 Å². The lowest BCUT2D eigenvalue weighted by Gasteiger charge is -2.26. The second-order valence-electron chi connectivity index (χ2n) is 7.42. The van der Waals surface area contributed by atoms with Gasteiger partial charge < -0.3 is 9.64 Å². The van der Waals surface area contributed by atoms with Crippen molar-refractivity contribution in [3.05, 3.63) is 54.4 Å². The summed E-state index contributed by atoms with van der Waals surface area (Å²) in [5.74, 6) is 0.356. The fraction of sp³-hybridized carbons (Fsp3) is 0.381. The molecule has 1 amide bonds. The Morgan fingerprint density at radius 1 is 1.17 bits per heavy atom. The van der Waals surface area contributed by atoms with Crippen molar-refractivity contribution in [3.8, 4) is 11.8 Å². The highest BCUT2D eigenvalue weighted by molar-refractivity contribution is 7.89. The van der Waals surface area contributed by atoms with E-state index in [-0.39, 0.29) is 23.8 Å². The van der Waals surface area contributed by atoms with Crippen LogP contribution in [0.2, 0.25) is 0 Å². The van der Waals surface area contributed by atoms with E-state index in [0.717, 1.165) is 12.8 Å². The van der Waals surface area contributed by atoms with Gasteiger partial charge in [0.15, 0.2) is 0 Å². The number of ether oxygens (including phenoxy) is 1. The van der Waals surface area contributed by atoms with E-state index in [4.69, 9.17) is 10.00 Å². The number of rotatable bonds is 5. The molecule has 0 radical (unpaired) electrons. The monoisotopic (exact) mass is 426 g/mol. The minimum absolute atomic E-state index is 0.0581. The average Bonchev–Trinajstić information content (AvgIpc) is 3.45. The van der Waals surface area contributed by atoms with E-state index in [0.29, 0.717) is 24.4 Å². The second-order valence-corrected chi connectivity index (χ2v) is 9.31. The molecule has 1 aromatic heterocycles. The number of amides is 1. The lowest BCUT2D eigenvalue weighted by Crippen LogP contribution is -2.46. The fourth-order valence-electron chi connectivity index (χ4n) is 3.94. The summed E-state index contributed by atoms with van der Waals surface area (Å²) in [7, 11) is -3.93. The van der Waals surface area contributed by atoms with E-state index in [1.54, 1.807) is 29.4 Å². The number of hydrogen-bond acceptors (Lipinski definition) is 6. The predicted molar refractivity (Wildman–Crippen MR) is 108 cm³/mol. The summed E-state index contributed by atoms with van der Waals surface area (Å²) in [4.78, 5) is 19.0. The molecule has 8 nitrogen and oxygen atoms in total. The minimum atomic E-state index is -3.93. The lowest BCUT2D eigenvalue weighted by atomic mass is 10.2. The van der Waals surface area contributed by atoms with Crippen LogP contribution in [0, 0.1) is 11.3 Å². The van der Waals surface area contributed by atoms with Crippen molar-refractivity contribution < 1.29 is 17.9 Å². The van der Waals surface area contributed by atoms with Crippen molar-refractivity contribution in [1.82, 2.24) is 14.2 Å². The van der Waals surface area contributed by atoms with Crippen LogP contribution in [0.25, 0.3) is 0 Å². The van der Waals surface area contributed by atoms with E-state index in [1.807, 2.05) is 6.07 Å². The molecular weight excluding hydrogens is 404 g/mol. The summed E-state index contributed by atoms with van der Waals surface area (Å²) in [6.07, 6.45) is 4.86. The van der Waals surface area contributed by atoms with Gasteiger partial charge in [-0.25, -0.2) is 8.42 Å². The Balaban J connectivity index is 1.62. The Hall–Kier alpha value is -2.96. The van der Waals surface area contributed by atoms with Crippen LogP contribution >= 0.6 is 0 Å². The van der Waals surface area contributed by atoms with Gasteiger partial charge in [0, 0.05) is 25.7 Å². The predicted octanol–water partition coefficient (Wildman–Crippen LogP) is 1.79. The zero-order chi connectivity index (χ0) is 21.1. The Bertz CT molecular complexity index is 1040. The molecule has 156 valence electrons. The molecule has 0 saturated carbocycles. The fourth-order valence-corrected chi connectivity index (χ4v) is 5.56. The lowest BCUT2D eigenvalue weighted by molar-refractivity contribution is -0.133. The van der Waals surface area contributed by atoms with Crippen molar-refractivity contribution in [2.45, 2.75) is 36.3 Å². The molecule has 2 aliphatic heterocycles. The summed E-state index contributed by atoms with van der Waals surface area (Å²) in [6.45, 7) is 1.36. The molecular formula is C21H22N4O4S. The smallest absolute Gasteiger partial charge is 0.243 e. The van der Waals surface area contributed by atoms with Crippen LogP contribution in [0.3, 0.4) is 0 Å². The van der Waals surface area contributed by atoms with Crippen LogP contribution < -0.4 is 4.74 Å². The third kappa shape index (κ3) is 4.01. The molecule has 0 aliphatic carbocycles. The molecule has 2 aromatic rings. The third-order valence-corrected chi connectivity index (χ3v) is 7.34. The van der Waals surface area contributed by atoms with Crippen molar-refractivity contribution >= 4 is 15.9 Å². The molecule has 0 N–H and O–H groups in total. The van der Waals surface area contributed by atoms with E-state index in [2.05, 4.69) is 4.98 Å². The summed E-state index contributed by atoms with van der Waals surface area (Å²) < 4.78 is 33.9. The first kappa shape index (κ1) is 20.3. The van der Waals surface area contributed by atoms with Gasteiger partial charge in [-0.3, -0.25) is 9.78 Å². The number of sulfonamides is 1. The minimum Gasteiger partial charge on any atom is -0.487 e. The van der Waals surface area contributed by atoms with Gasteiger partial charge in [0.05, 0.1) is 29.3 Å². The molecule has 2 aliphatic rings. The number of aromatic nitrogens is 1. The Morgan fingerprint density at radius 3 is 2.53 bits per heavy atom. The highest BCUT2D eigenvalue weighted by Gasteiger charge is 2.46. The van der Waals surface area contributed by atoms with Crippen molar-refractivity contribution in [2.24, 2.45) is 0 Å². The Morgan fingerprint density at radius 2 is 1.90 bits per heavy atom. The van der Waals surface area contributed by atoms with Crippen LogP contribution in [0.4, 0.5) is 0 Å². The van der Waals surface area contributed by atoms with Gasteiger partial charge in [-0.15, -0.1) is 0 Å². The quantitative estimate of drug-likeness (QED) is 0.722. The SMILES string of the molecule is N#Cc1ccc(S(=O)(=O)N2C[C@@H](Oc3cccnc3)C[C@H]2C(=O)N2CCCC2)cc1. The van der Waals surface area contributed by atoms with Crippen LogP contribution in [0.1, 0.15) is 24.8 Å². The summed E-state index contributed by atoms with van der Waals surface area (Å²) in [6, 6.07) is 10.4. The first-order chi connectivity index (χ1) is 14.5. The zero-order valence-corrected chi connectivity index (χ0v) is 17.2. The first-order valence-electron chi connectivity index (χ1n) is 9.86. The normalized spacial score (nSPS) is 22.0. The topological polar surface area (TPSA) is 104 Å². The molecule has 4 rings (SSSR count). The largest absolute Gasteiger partial charge is 0.487 e. The van der Waals surface area contributed by atoms with E-state index in [1.165, 1.54) is 28.6 Å². The van der Waals surface area contributed by atoms with Gasteiger partial charge in [0.25, 0.3) is 0 Å². The average molecular weight is 426 g/mol. The number of carbonyl (C=O) groups excluding carboxylic acids is 1. The molecule has 0 bridgehead atoms. The van der Waals surface area contributed by atoms with Gasteiger partial charge in [-0.1, -0.05) is 0 Å². The second kappa shape index (κ2) is 8.42. The van der Waals surface area contributed by atoms with Crippen LogP contribution in [0.5, 0.6) is 5.75 Å². The number of hydrogen-bond donors (Lipinski definition) is 0. The number of nitriles is 1. The molecule has 9 heteroatoms. The highest BCUT2D eigenvalue weighted by atomic mass is 32.2. The van der Waals surface area contributed by atoms with Gasteiger partial charge in [-0.2, -0.15) is 9.57 Å².